The molecule has 0 rings (SSSR count). The highest BCUT2D eigenvalue weighted by Gasteiger charge is 2.09. The minimum absolute atomic E-state index is 0.0914. The summed E-state index contributed by atoms with van der Waals surface area (Å²) in [5, 5.41) is 8.81. The summed E-state index contributed by atoms with van der Waals surface area (Å²) in [5.41, 5.74) is 5.38. The molecule has 0 aliphatic carbocycles. The SMILES string of the molecule is CCCCCCCCCCCCCCCCCCC(C)C(=O)O.CCOS(=O)(=O)[O-].CC[N+](C)(C)CCCN. The van der Waals surface area contributed by atoms with E-state index in [4.69, 9.17) is 10.8 Å². The lowest BCUT2D eigenvalue weighted by molar-refractivity contribution is -0.888. The molecular weight excluding hydrogens is 516 g/mol. The fourth-order valence-corrected chi connectivity index (χ4v) is 4.23. The molecule has 0 saturated heterocycles. The molecule has 0 aromatic rings. The third-order valence-corrected chi connectivity index (χ3v) is 7.52. The van der Waals surface area contributed by atoms with Crippen LogP contribution in [0.2, 0.25) is 0 Å². The average Bonchev–Trinajstić information content (AvgIpc) is 2.87. The van der Waals surface area contributed by atoms with E-state index in [-0.39, 0.29) is 12.5 Å². The van der Waals surface area contributed by atoms with Crippen LogP contribution in [0.15, 0.2) is 0 Å². The van der Waals surface area contributed by atoms with Gasteiger partial charge in [0.25, 0.3) is 0 Å². The summed E-state index contributed by atoms with van der Waals surface area (Å²) in [7, 11) is 0.0394. The number of hydrogen-bond acceptors (Lipinski definition) is 6. The molecule has 238 valence electrons. The number of carboxylic acid groups (broad SMARTS) is 1. The molecule has 1 unspecified atom stereocenters. The van der Waals surface area contributed by atoms with Crippen LogP contribution in [-0.4, -0.2) is 68.9 Å². The van der Waals surface area contributed by atoms with Gasteiger partial charge in [0.1, 0.15) is 0 Å². The van der Waals surface area contributed by atoms with Crippen LogP contribution in [0.25, 0.3) is 0 Å². The summed E-state index contributed by atoms with van der Waals surface area (Å²) in [6, 6.07) is 0. The number of rotatable bonds is 24. The van der Waals surface area contributed by atoms with Crippen molar-refractivity contribution in [2.24, 2.45) is 11.7 Å². The Hall–Kier alpha value is -0.740. The highest BCUT2D eigenvalue weighted by molar-refractivity contribution is 7.80. The summed E-state index contributed by atoms with van der Waals surface area (Å²) in [6.07, 6.45) is 23.9. The van der Waals surface area contributed by atoms with Crippen molar-refractivity contribution in [3.63, 3.8) is 0 Å². The van der Waals surface area contributed by atoms with E-state index in [1.807, 2.05) is 6.92 Å². The molecule has 0 radical (unpaired) electrons. The second-order valence-electron chi connectivity index (χ2n) is 11.3. The Morgan fingerprint density at radius 2 is 1.18 bits per heavy atom. The smallest absolute Gasteiger partial charge is 0.306 e. The van der Waals surface area contributed by atoms with Gasteiger partial charge in [-0.2, -0.15) is 0 Å². The van der Waals surface area contributed by atoms with Gasteiger partial charge in [-0.15, -0.1) is 0 Å². The summed E-state index contributed by atoms with van der Waals surface area (Å²) in [6.45, 7) is 10.8. The molecule has 39 heavy (non-hydrogen) atoms. The van der Waals surface area contributed by atoms with Crippen molar-refractivity contribution >= 4 is 16.4 Å². The number of hydrogen-bond donors (Lipinski definition) is 2. The number of unbranched alkanes of at least 4 members (excludes halogenated alkanes) is 15. The molecule has 0 aromatic heterocycles. The van der Waals surface area contributed by atoms with Crippen LogP contribution in [-0.2, 0) is 19.4 Å². The van der Waals surface area contributed by atoms with E-state index >= 15 is 0 Å². The first-order chi connectivity index (χ1) is 18.4. The van der Waals surface area contributed by atoms with Crippen molar-refractivity contribution in [3.05, 3.63) is 0 Å². The molecule has 8 nitrogen and oxygen atoms in total. The van der Waals surface area contributed by atoms with Crippen LogP contribution in [0.3, 0.4) is 0 Å². The molecule has 0 amide bonds. The molecule has 0 aliphatic heterocycles. The van der Waals surface area contributed by atoms with Crippen molar-refractivity contribution in [1.82, 2.24) is 0 Å². The molecule has 9 heteroatoms. The standard InChI is InChI=1S/C21H42O2.C7H19N2.C2H6O4S/c1-3-4-5-6-7-8-9-10-11-12-13-14-15-16-17-18-19-20(2)21(22)23;1-4-9(2,3)7-5-6-8;1-2-6-7(3,4)5/h20H,3-19H2,1-2H3,(H,22,23);4-8H2,1-3H3;2H2,1H3,(H,3,4,5)/q;+1;/p-1. The fourth-order valence-electron chi connectivity index (χ4n) is 3.94. The summed E-state index contributed by atoms with van der Waals surface area (Å²) in [5.74, 6) is -0.812. The molecule has 0 heterocycles. The maximum atomic E-state index is 10.7. The zero-order chi connectivity index (χ0) is 30.4. The van der Waals surface area contributed by atoms with Crippen molar-refractivity contribution in [1.29, 1.82) is 0 Å². The van der Waals surface area contributed by atoms with Gasteiger partial charge in [-0.1, -0.05) is 117 Å². The number of nitrogens with two attached hydrogens (primary N) is 1. The molecule has 3 N–H and O–H groups in total. The highest BCUT2D eigenvalue weighted by atomic mass is 32.3. The van der Waals surface area contributed by atoms with E-state index in [1.54, 1.807) is 0 Å². The highest BCUT2D eigenvalue weighted by Crippen LogP contribution is 2.15. The quantitative estimate of drug-likeness (QED) is 0.0529. The fraction of sp³-hybridized carbons (Fsp3) is 0.967. The third-order valence-electron chi connectivity index (χ3n) is 7.00. The third kappa shape index (κ3) is 41.9. The zero-order valence-electron chi connectivity index (χ0n) is 26.6. The van der Waals surface area contributed by atoms with Crippen LogP contribution >= 0.6 is 0 Å². The van der Waals surface area contributed by atoms with Crippen LogP contribution in [0.5, 0.6) is 0 Å². The normalized spacial score (nSPS) is 12.2. The van der Waals surface area contributed by atoms with Crippen molar-refractivity contribution in [2.45, 2.75) is 143 Å². The summed E-state index contributed by atoms with van der Waals surface area (Å²) in [4.78, 5) is 10.7. The lowest BCUT2D eigenvalue weighted by Crippen LogP contribution is -2.40. The van der Waals surface area contributed by atoms with Gasteiger partial charge in [0, 0.05) is 6.42 Å². The van der Waals surface area contributed by atoms with Crippen molar-refractivity contribution < 1.29 is 31.5 Å². The predicted octanol–water partition coefficient (Wildman–Crippen LogP) is 7.27. The molecule has 0 aliphatic rings. The second-order valence-corrected chi connectivity index (χ2v) is 12.3. The van der Waals surface area contributed by atoms with Gasteiger partial charge in [0.2, 0.25) is 10.4 Å². The number of carboxylic acids is 1. The lowest BCUT2D eigenvalue weighted by atomic mass is 10.0. The Kier molecular flexibility index (Phi) is 33.1. The van der Waals surface area contributed by atoms with Gasteiger partial charge in [0.05, 0.1) is 39.7 Å². The van der Waals surface area contributed by atoms with Crippen LogP contribution in [0.4, 0.5) is 0 Å². The van der Waals surface area contributed by atoms with Crippen molar-refractivity contribution in [3.8, 4) is 0 Å². The van der Waals surface area contributed by atoms with E-state index in [9.17, 15) is 17.8 Å². The molecule has 0 saturated carbocycles. The molecular formula is C30H66N2O6S. The predicted molar refractivity (Wildman–Crippen MR) is 163 cm³/mol. The molecule has 0 spiro atoms. The maximum absolute atomic E-state index is 10.7. The van der Waals surface area contributed by atoms with E-state index in [0.29, 0.717) is 0 Å². The van der Waals surface area contributed by atoms with E-state index in [1.165, 1.54) is 116 Å². The first-order valence-corrected chi connectivity index (χ1v) is 17.0. The van der Waals surface area contributed by atoms with Gasteiger partial charge in [-0.05, 0) is 26.8 Å². The second kappa shape index (κ2) is 30.2. The van der Waals surface area contributed by atoms with Gasteiger partial charge in [-0.3, -0.25) is 8.98 Å². The van der Waals surface area contributed by atoms with E-state index in [0.717, 1.165) is 30.3 Å². The summed E-state index contributed by atoms with van der Waals surface area (Å²) < 4.78 is 33.1. The van der Waals surface area contributed by atoms with Gasteiger partial charge in [0.15, 0.2) is 0 Å². The first-order valence-electron chi connectivity index (χ1n) is 15.7. The Bertz CT molecular complexity index is 615. The number of nitrogens with zero attached hydrogens (tertiary/aromatic N) is 1. The van der Waals surface area contributed by atoms with Gasteiger partial charge >= 0.3 is 5.97 Å². The molecule has 1 atom stereocenters. The number of carbonyl (C=O) groups is 1. The first kappa shape index (κ1) is 42.7. The summed E-state index contributed by atoms with van der Waals surface area (Å²) >= 11 is 0. The topological polar surface area (TPSA) is 130 Å². The minimum atomic E-state index is -4.42. The molecule has 0 aromatic carbocycles. The average molecular weight is 583 g/mol. The maximum Gasteiger partial charge on any atom is 0.306 e. The largest absolute Gasteiger partial charge is 0.726 e. The van der Waals surface area contributed by atoms with Gasteiger partial charge in [-0.25, -0.2) is 8.42 Å². The Morgan fingerprint density at radius 3 is 1.44 bits per heavy atom. The van der Waals surface area contributed by atoms with Crippen LogP contribution in [0.1, 0.15) is 143 Å². The molecule has 0 fully saturated rings. The van der Waals surface area contributed by atoms with Crippen LogP contribution < -0.4 is 5.73 Å². The van der Waals surface area contributed by atoms with E-state index < -0.39 is 16.4 Å². The van der Waals surface area contributed by atoms with Crippen LogP contribution in [0, 0.1) is 5.92 Å². The van der Waals surface area contributed by atoms with Gasteiger partial charge < -0.3 is 19.9 Å². The van der Waals surface area contributed by atoms with E-state index in [2.05, 4.69) is 32.1 Å². The number of aliphatic carboxylic acids is 1. The minimum Gasteiger partial charge on any atom is -0.726 e. The Balaban J connectivity index is -0.000000658. The lowest BCUT2D eigenvalue weighted by Gasteiger charge is -2.27. The Morgan fingerprint density at radius 1 is 0.795 bits per heavy atom. The monoisotopic (exact) mass is 582 g/mol. The van der Waals surface area contributed by atoms with Crippen molar-refractivity contribution in [2.75, 3.05) is 40.3 Å². The zero-order valence-corrected chi connectivity index (χ0v) is 27.4. The Labute approximate surface area is 243 Å². The number of quaternary nitrogens is 1. The molecule has 0 bridgehead atoms.